The van der Waals surface area contributed by atoms with E-state index >= 15 is 0 Å². The highest BCUT2D eigenvalue weighted by molar-refractivity contribution is 5.68. The summed E-state index contributed by atoms with van der Waals surface area (Å²) in [5, 5.41) is 0. The first kappa shape index (κ1) is 23.5. The van der Waals surface area contributed by atoms with Crippen molar-refractivity contribution in [3.8, 4) is 0 Å². The number of epoxide rings is 1. The number of ether oxygens (including phenoxy) is 2. The molecule has 3 heteroatoms. The van der Waals surface area contributed by atoms with Crippen LogP contribution in [0.5, 0.6) is 0 Å². The van der Waals surface area contributed by atoms with Crippen molar-refractivity contribution in [2.75, 3.05) is 7.11 Å². The molecule has 1 heterocycles. The standard InChI is InChI=1S/C23H44O3/c1-7-22(2,3)18-23(4,5)17-13-15-20-19(26-20)14-11-9-8-10-12-16-21(24)25-6/h19-20H,7-18H2,1-6H3. The van der Waals surface area contributed by atoms with E-state index in [1.807, 2.05) is 0 Å². The summed E-state index contributed by atoms with van der Waals surface area (Å²) in [7, 11) is 1.46. The molecule has 0 N–H and O–H groups in total. The third kappa shape index (κ3) is 10.5. The molecule has 1 fully saturated rings. The molecule has 1 saturated heterocycles. The Bertz CT molecular complexity index is 400. The molecule has 0 saturated carbocycles. The summed E-state index contributed by atoms with van der Waals surface area (Å²) in [6.07, 6.45) is 15.1. The minimum absolute atomic E-state index is 0.0827. The molecule has 0 aliphatic carbocycles. The second kappa shape index (κ2) is 11.3. The summed E-state index contributed by atoms with van der Waals surface area (Å²) < 4.78 is 10.5. The number of unbranched alkanes of at least 4 members (excludes halogenated alkanes) is 4. The van der Waals surface area contributed by atoms with Crippen molar-refractivity contribution in [1.29, 1.82) is 0 Å². The van der Waals surface area contributed by atoms with Gasteiger partial charge in [-0.1, -0.05) is 73.1 Å². The first-order valence-corrected chi connectivity index (χ1v) is 10.9. The summed E-state index contributed by atoms with van der Waals surface area (Å²) in [6.45, 7) is 11.9. The monoisotopic (exact) mass is 368 g/mol. The summed E-state index contributed by atoms with van der Waals surface area (Å²) >= 11 is 0. The van der Waals surface area contributed by atoms with Crippen LogP contribution in [0.1, 0.15) is 112 Å². The summed E-state index contributed by atoms with van der Waals surface area (Å²) in [4.78, 5) is 11.0. The van der Waals surface area contributed by atoms with E-state index in [0.29, 0.717) is 29.5 Å². The summed E-state index contributed by atoms with van der Waals surface area (Å²) in [5.74, 6) is -0.0827. The van der Waals surface area contributed by atoms with Crippen LogP contribution in [0.15, 0.2) is 0 Å². The fourth-order valence-corrected chi connectivity index (χ4v) is 4.22. The minimum Gasteiger partial charge on any atom is -0.469 e. The van der Waals surface area contributed by atoms with Crippen molar-refractivity contribution in [2.45, 2.75) is 124 Å². The summed E-state index contributed by atoms with van der Waals surface area (Å²) in [6, 6.07) is 0. The van der Waals surface area contributed by atoms with Gasteiger partial charge in [0.25, 0.3) is 0 Å². The zero-order valence-corrected chi connectivity index (χ0v) is 18.4. The molecular weight excluding hydrogens is 324 g/mol. The van der Waals surface area contributed by atoms with Crippen molar-refractivity contribution >= 4 is 5.97 Å². The topological polar surface area (TPSA) is 38.8 Å². The quantitative estimate of drug-likeness (QED) is 0.184. The SMILES string of the molecule is CCC(C)(C)CC(C)(C)CCCC1OC1CCCCCCCC(=O)OC. The van der Waals surface area contributed by atoms with E-state index < -0.39 is 0 Å². The Morgan fingerprint density at radius 2 is 1.46 bits per heavy atom. The normalized spacial score (nSPS) is 20.2. The maximum absolute atomic E-state index is 11.0. The first-order valence-electron chi connectivity index (χ1n) is 10.9. The van der Waals surface area contributed by atoms with Gasteiger partial charge in [0.2, 0.25) is 0 Å². The van der Waals surface area contributed by atoms with Gasteiger partial charge in [-0.25, -0.2) is 0 Å². The number of carbonyl (C=O) groups excluding carboxylic acids is 1. The Balaban J connectivity index is 1.99. The molecule has 0 aromatic heterocycles. The predicted octanol–water partition coefficient (Wildman–Crippen LogP) is 6.68. The lowest BCUT2D eigenvalue weighted by atomic mass is 9.71. The lowest BCUT2D eigenvalue weighted by Crippen LogP contribution is -2.22. The van der Waals surface area contributed by atoms with Crippen LogP contribution in [-0.2, 0) is 14.3 Å². The van der Waals surface area contributed by atoms with E-state index in [1.54, 1.807) is 0 Å². The molecule has 154 valence electrons. The lowest BCUT2D eigenvalue weighted by Gasteiger charge is -2.34. The van der Waals surface area contributed by atoms with Crippen LogP contribution < -0.4 is 0 Å². The van der Waals surface area contributed by atoms with Gasteiger partial charge in [-0.15, -0.1) is 0 Å². The van der Waals surface area contributed by atoms with Crippen LogP contribution in [0.25, 0.3) is 0 Å². The third-order valence-electron chi connectivity index (χ3n) is 6.04. The highest BCUT2D eigenvalue weighted by Gasteiger charge is 2.37. The molecule has 0 amide bonds. The van der Waals surface area contributed by atoms with Gasteiger partial charge in [0.1, 0.15) is 0 Å². The molecule has 2 atom stereocenters. The van der Waals surface area contributed by atoms with Crippen LogP contribution in [0.2, 0.25) is 0 Å². The van der Waals surface area contributed by atoms with Crippen molar-refractivity contribution < 1.29 is 14.3 Å². The highest BCUT2D eigenvalue weighted by Crippen LogP contribution is 2.40. The van der Waals surface area contributed by atoms with Crippen molar-refractivity contribution in [3.63, 3.8) is 0 Å². The van der Waals surface area contributed by atoms with E-state index in [2.05, 4.69) is 39.4 Å². The van der Waals surface area contributed by atoms with Crippen LogP contribution in [0.4, 0.5) is 0 Å². The number of hydrogen-bond donors (Lipinski definition) is 0. The zero-order chi connectivity index (χ0) is 19.6. The Labute approximate surface area is 162 Å². The van der Waals surface area contributed by atoms with E-state index in [4.69, 9.17) is 4.74 Å². The largest absolute Gasteiger partial charge is 0.469 e. The predicted molar refractivity (Wildman–Crippen MR) is 109 cm³/mol. The van der Waals surface area contributed by atoms with Crippen LogP contribution in [0, 0.1) is 10.8 Å². The fourth-order valence-electron chi connectivity index (χ4n) is 4.22. The molecule has 2 unspecified atom stereocenters. The van der Waals surface area contributed by atoms with Gasteiger partial charge in [-0.3, -0.25) is 4.79 Å². The summed E-state index contributed by atoms with van der Waals surface area (Å²) in [5.41, 5.74) is 0.896. The Hall–Kier alpha value is -0.570. The smallest absolute Gasteiger partial charge is 0.305 e. The molecule has 26 heavy (non-hydrogen) atoms. The van der Waals surface area contributed by atoms with Gasteiger partial charge in [0.05, 0.1) is 19.3 Å². The lowest BCUT2D eigenvalue weighted by molar-refractivity contribution is -0.140. The number of hydrogen-bond acceptors (Lipinski definition) is 3. The van der Waals surface area contributed by atoms with Gasteiger partial charge in [-0.2, -0.15) is 0 Å². The zero-order valence-electron chi connectivity index (χ0n) is 18.4. The molecule has 0 radical (unpaired) electrons. The Morgan fingerprint density at radius 3 is 2.08 bits per heavy atom. The molecule has 3 nitrogen and oxygen atoms in total. The average Bonchev–Trinajstić information content (AvgIpc) is 3.30. The number of carbonyl (C=O) groups is 1. The van der Waals surface area contributed by atoms with Crippen LogP contribution in [0.3, 0.4) is 0 Å². The van der Waals surface area contributed by atoms with Gasteiger partial charge < -0.3 is 9.47 Å². The highest BCUT2D eigenvalue weighted by atomic mass is 16.6. The van der Waals surface area contributed by atoms with Crippen LogP contribution >= 0.6 is 0 Å². The van der Waals surface area contributed by atoms with Crippen LogP contribution in [-0.4, -0.2) is 25.3 Å². The van der Waals surface area contributed by atoms with E-state index in [0.717, 1.165) is 12.8 Å². The van der Waals surface area contributed by atoms with E-state index in [1.165, 1.54) is 64.9 Å². The Morgan fingerprint density at radius 1 is 0.885 bits per heavy atom. The molecule has 0 spiro atoms. The van der Waals surface area contributed by atoms with Gasteiger partial charge in [0, 0.05) is 6.42 Å². The molecule has 1 aliphatic heterocycles. The second-order valence-electron chi connectivity index (χ2n) is 9.85. The van der Waals surface area contributed by atoms with E-state index in [-0.39, 0.29) is 5.97 Å². The minimum atomic E-state index is -0.0827. The molecule has 0 bridgehead atoms. The number of rotatable bonds is 15. The van der Waals surface area contributed by atoms with Crippen molar-refractivity contribution in [3.05, 3.63) is 0 Å². The molecule has 0 aromatic carbocycles. The second-order valence-corrected chi connectivity index (χ2v) is 9.85. The maximum Gasteiger partial charge on any atom is 0.305 e. The van der Waals surface area contributed by atoms with Gasteiger partial charge >= 0.3 is 5.97 Å². The third-order valence-corrected chi connectivity index (χ3v) is 6.04. The first-order chi connectivity index (χ1) is 12.2. The number of esters is 1. The van der Waals surface area contributed by atoms with Crippen molar-refractivity contribution in [2.24, 2.45) is 10.8 Å². The Kier molecular flexibility index (Phi) is 10.2. The molecule has 1 rings (SSSR count). The van der Waals surface area contributed by atoms with Gasteiger partial charge in [0.15, 0.2) is 0 Å². The van der Waals surface area contributed by atoms with Gasteiger partial charge in [-0.05, 0) is 42.9 Å². The molecular formula is C23H44O3. The fraction of sp³-hybridized carbons (Fsp3) is 0.957. The number of methoxy groups -OCH3 is 1. The van der Waals surface area contributed by atoms with Crippen molar-refractivity contribution in [1.82, 2.24) is 0 Å². The molecule has 0 aromatic rings. The maximum atomic E-state index is 11.0. The average molecular weight is 369 g/mol. The molecule has 1 aliphatic rings. The van der Waals surface area contributed by atoms with E-state index in [9.17, 15) is 4.79 Å².